The summed E-state index contributed by atoms with van der Waals surface area (Å²) in [6.07, 6.45) is 0. The summed E-state index contributed by atoms with van der Waals surface area (Å²) >= 11 is 0. The van der Waals surface area contributed by atoms with E-state index in [9.17, 15) is 14.0 Å². The number of nitrogens with one attached hydrogen (secondary N) is 1. The first-order valence-corrected chi connectivity index (χ1v) is 4.95. The largest absolute Gasteiger partial charge is 0.372 e. The fraction of sp³-hybridized carbons (Fsp3) is 0.273. The van der Waals surface area contributed by atoms with Crippen LogP contribution < -0.4 is 10.2 Å². The Kier molecular flexibility index (Phi) is 2.38. The van der Waals surface area contributed by atoms with Crippen molar-refractivity contribution in [2.24, 2.45) is 0 Å². The number of carbonyl (C=O) groups is 2. The Morgan fingerprint density at radius 2 is 2.06 bits per heavy atom. The maximum atomic E-state index is 13.6. The number of amides is 1. The average molecular weight is 222 g/mol. The Morgan fingerprint density at radius 1 is 1.38 bits per heavy atom. The van der Waals surface area contributed by atoms with Crippen molar-refractivity contribution in [2.45, 2.75) is 6.92 Å². The van der Waals surface area contributed by atoms with Gasteiger partial charge in [0, 0.05) is 13.6 Å². The highest BCUT2D eigenvalue weighted by molar-refractivity contribution is 6.51. The summed E-state index contributed by atoms with van der Waals surface area (Å²) < 4.78 is 13.6. The van der Waals surface area contributed by atoms with Crippen LogP contribution >= 0.6 is 0 Å². The van der Waals surface area contributed by atoms with E-state index in [1.54, 1.807) is 11.9 Å². The van der Waals surface area contributed by atoms with Gasteiger partial charge in [-0.05, 0) is 19.1 Å². The van der Waals surface area contributed by atoms with Crippen molar-refractivity contribution >= 4 is 23.1 Å². The van der Waals surface area contributed by atoms with E-state index in [1.165, 1.54) is 6.07 Å². The van der Waals surface area contributed by atoms with Crippen LogP contribution in [0.25, 0.3) is 0 Å². The number of ketones is 1. The van der Waals surface area contributed by atoms with Crippen LogP contribution in [0.1, 0.15) is 17.3 Å². The molecule has 1 aromatic rings. The first kappa shape index (κ1) is 10.6. The van der Waals surface area contributed by atoms with Gasteiger partial charge in [-0.3, -0.25) is 9.59 Å². The molecule has 1 aliphatic heterocycles. The molecule has 5 heteroatoms. The number of Topliss-reactive ketones (excluding diaryl/α,β-unsaturated/α-hetero) is 1. The number of carbonyl (C=O) groups excluding carboxylic acids is 2. The Bertz CT molecular complexity index is 485. The molecule has 2 rings (SSSR count). The molecule has 1 N–H and O–H groups in total. The highest BCUT2D eigenvalue weighted by atomic mass is 19.1. The van der Waals surface area contributed by atoms with Gasteiger partial charge in [-0.1, -0.05) is 0 Å². The predicted octanol–water partition coefficient (Wildman–Crippen LogP) is 1.42. The molecular weight excluding hydrogens is 211 g/mol. The van der Waals surface area contributed by atoms with Crippen LogP contribution in [0.5, 0.6) is 0 Å². The lowest BCUT2D eigenvalue weighted by molar-refractivity contribution is -0.112. The number of nitrogens with zero attached hydrogens (tertiary/aromatic N) is 1. The van der Waals surface area contributed by atoms with Crippen molar-refractivity contribution in [3.05, 3.63) is 23.5 Å². The molecule has 1 amide bonds. The monoisotopic (exact) mass is 222 g/mol. The van der Waals surface area contributed by atoms with Crippen LogP contribution in [0.3, 0.4) is 0 Å². The maximum Gasteiger partial charge on any atom is 0.296 e. The number of anilines is 2. The molecule has 0 radical (unpaired) electrons. The minimum absolute atomic E-state index is 0.107. The molecule has 0 aromatic heterocycles. The Balaban J connectivity index is 2.52. The second-order valence-electron chi connectivity index (χ2n) is 3.65. The molecule has 0 bridgehead atoms. The van der Waals surface area contributed by atoms with Gasteiger partial charge in [-0.2, -0.15) is 0 Å². The molecule has 0 aliphatic carbocycles. The molecule has 0 fully saturated rings. The smallest absolute Gasteiger partial charge is 0.296 e. The molecular formula is C11H11FN2O2. The van der Waals surface area contributed by atoms with Gasteiger partial charge in [0.25, 0.3) is 11.7 Å². The van der Waals surface area contributed by atoms with Crippen LogP contribution in [0.4, 0.5) is 15.8 Å². The number of hydrogen-bond acceptors (Lipinski definition) is 3. The summed E-state index contributed by atoms with van der Waals surface area (Å²) in [5, 5.41) is 2.41. The molecule has 1 aromatic carbocycles. The van der Waals surface area contributed by atoms with Gasteiger partial charge in [0.2, 0.25) is 0 Å². The van der Waals surface area contributed by atoms with Gasteiger partial charge in [0.1, 0.15) is 5.82 Å². The number of halogens is 1. The van der Waals surface area contributed by atoms with E-state index < -0.39 is 17.5 Å². The van der Waals surface area contributed by atoms with E-state index in [4.69, 9.17) is 0 Å². The van der Waals surface area contributed by atoms with Crippen molar-refractivity contribution in [3.8, 4) is 0 Å². The van der Waals surface area contributed by atoms with Crippen molar-refractivity contribution in [3.63, 3.8) is 0 Å². The molecule has 1 aliphatic rings. The average Bonchev–Trinajstić information content (AvgIpc) is 2.53. The predicted molar refractivity (Wildman–Crippen MR) is 58.3 cm³/mol. The summed E-state index contributed by atoms with van der Waals surface area (Å²) in [6.45, 7) is 2.52. The first-order chi connectivity index (χ1) is 7.54. The fourth-order valence-corrected chi connectivity index (χ4v) is 1.62. The molecule has 0 saturated heterocycles. The van der Waals surface area contributed by atoms with Crippen LogP contribution in [0.2, 0.25) is 0 Å². The number of fused-ring (bicyclic) bond motifs is 1. The van der Waals surface area contributed by atoms with Crippen LogP contribution in [-0.4, -0.2) is 25.3 Å². The summed E-state index contributed by atoms with van der Waals surface area (Å²) in [7, 11) is 1.74. The van der Waals surface area contributed by atoms with Gasteiger partial charge >= 0.3 is 0 Å². The third-order valence-electron chi connectivity index (χ3n) is 2.67. The third-order valence-corrected chi connectivity index (χ3v) is 2.67. The van der Waals surface area contributed by atoms with Crippen LogP contribution in [-0.2, 0) is 4.79 Å². The summed E-state index contributed by atoms with van der Waals surface area (Å²) in [4.78, 5) is 24.1. The zero-order valence-corrected chi connectivity index (χ0v) is 9.00. The summed E-state index contributed by atoms with van der Waals surface area (Å²) in [6, 6.07) is 2.59. The first-order valence-electron chi connectivity index (χ1n) is 4.95. The van der Waals surface area contributed by atoms with E-state index in [0.717, 1.165) is 6.07 Å². The maximum absolute atomic E-state index is 13.6. The van der Waals surface area contributed by atoms with E-state index in [1.807, 2.05) is 6.92 Å². The Labute approximate surface area is 92.0 Å². The van der Waals surface area contributed by atoms with Gasteiger partial charge in [-0.25, -0.2) is 4.39 Å². The molecule has 16 heavy (non-hydrogen) atoms. The van der Waals surface area contributed by atoms with Gasteiger partial charge in [0.05, 0.1) is 16.9 Å². The molecule has 4 nitrogen and oxygen atoms in total. The zero-order valence-electron chi connectivity index (χ0n) is 9.00. The minimum atomic E-state index is -0.703. The quantitative estimate of drug-likeness (QED) is 0.770. The molecule has 0 atom stereocenters. The van der Waals surface area contributed by atoms with E-state index in [0.29, 0.717) is 17.9 Å². The lowest BCUT2D eigenvalue weighted by Crippen LogP contribution is -2.17. The Hall–Kier alpha value is -1.91. The molecule has 1 heterocycles. The number of hydrogen-bond donors (Lipinski definition) is 1. The van der Waals surface area contributed by atoms with E-state index in [-0.39, 0.29) is 5.56 Å². The second-order valence-corrected chi connectivity index (χ2v) is 3.65. The highest BCUT2D eigenvalue weighted by Crippen LogP contribution is 2.30. The molecule has 0 spiro atoms. The van der Waals surface area contributed by atoms with Crippen molar-refractivity contribution in [1.82, 2.24) is 0 Å². The number of benzene rings is 1. The van der Waals surface area contributed by atoms with Crippen molar-refractivity contribution in [2.75, 3.05) is 23.8 Å². The van der Waals surface area contributed by atoms with E-state index in [2.05, 4.69) is 5.32 Å². The third kappa shape index (κ3) is 1.44. The minimum Gasteiger partial charge on any atom is -0.372 e. The van der Waals surface area contributed by atoms with Gasteiger partial charge in [-0.15, -0.1) is 0 Å². The second kappa shape index (κ2) is 3.59. The lowest BCUT2D eigenvalue weighted by atomic mass is 10.1. The summed E-state index contributed by atoms with van der Waals surface area (Å²) in [5.74, 6) is -1.88. The Morgan fingerprint density at radius 3 is 2.69 bits per heavy atom. The zero-order chi connectivity index (χ0) is 11.9. The standard InChI is InChI=1S/C11H11FN2O2/c1-3-14(2)9-5-8-6(4-7(9)12)10(15)11(16)13-8/h4-5H,3H2,1-2H3,(H,13,15,16). The molecule has 84 valence electrons. The van der Waals surface area contributed by atoms with Crippen LogP contribution in [0.15, 0.2) is 12.1 Å². The SMILES string of the molecule is CCN(C)c1cc2c(cc1F)C(=O)C(=O)N2. The molecule has 0 saturated carbocycles. The van der Waals surface area contributed by atoms with Crippen LogP contribution in [0, 0.1) is 5.82 Å². The lowest BCUT2D eigenvalue weighted by Gasteiger charge is -2.18. The highest BCUT2D eigenvalue weighted by Gasteiger charge is 2.29. The normalized spacial score (nSPS) is 13.7. The van der Waals surface area contributed by atoms with Gasteiger partial charge < -0.3 is 10.2 Å². The molecule has 0 unspecified atom stereocenters. The van der Waals surface area contributed by atoms with Crippen molar-refractivity contribution < 1.29 is 14.0 Å². The summed E-state index contributed by atoms with van der Waals surface area (Å²) in [5.41, 5.74) is 0.860. The number of rotatable bonds is 2. The van der Waals surface area contributed by atoms with Gasteiger partial charge in [0.15, 0.2) is 0 Å². The van der Waals surface area contributed by atoms with Crippen molar-refractivity contribution in [1.29, 1.82) is 0 Å². The topological polar surface area (TPSA) is 49.4 Å². The fourth-order valence-electron chi connectivity index (χ4n) is 1.62. The van der Waals surface area contributed by atoms with E-state index >= 15 is 0 Å².